The fraction of sp³-hybridized carbons (Fsp3) is 0.304. The molecule has 0 aliphatic carbocycles. The van der Waals surface area contributed by atoms with Crippen molar-refractivity contribution in [2.24, 2.45) is 0 Å². The fourth-order valence-electron chi connectivity index (χ4n) is 4.11. The van der Waals surface area contributed by atoms with E-state index in [9.17, 15) is 23.1 Å². The van der Waals surface area contributed by atoms with Crippen LogP contribution in [0.1, 0.15) is 18.5 Å². The molecule has 3 aromatic heterocycles. The standard InChI is InChI=1S/C23H23F3N8O2S/c24-23(25,26)18-11-19(31-30-18)28-21-17-4-2-10-34(17)32-22(29-21)37-16-7-5-14(6-8-16)27-20(36)12-33-9-1-3-15(33)13-35/h2,4-8,10-11,15,35H,1,3,9,12-13H2,(H,27,36)(H2,28,29,30,31,32). The Hall–Kier alpha value is -3.62. The Morgan fingerprint density at radius 1 is 1.24 bits per heavy atom. The van der Waals surface area contributed by atoms with E-state index in [1.165, 1.54) is 11.8 Å². The van der Waals surface area contributed by atoms with Gasteiger partial charge in [-0.1, -0.05) is 0 Å². The third-order valence-electron chi connectivity index (χ3n) is 5.90. The van der Waals surface area contributed by atoms with Crippen LogP contribution in [0.4, 0.5) is 30.5 Å². The van der Waals surface area contributed by atoms with Crippen LogP contribution < -0.4 is 10.6 Å². The second kappa shape index (κ2) is 10.4. The molecule has 4 heterocycles. The normalized spacial score (nSPS) is 16.4. The van der Waals surface area contributed by atoms with E-state index in [1.54, 1.807) is 35.0 Å². The van der Waals surface area contributed by atoms with Crippen molar-refractivity contribution in [3.63, 3.8) is 0 Å². The molecule has 1 atom stereocenters. The van der Waals surface area contributed by atoms with Gasteiger partial charge in [-0.25, -0.2) is 9.50 Å². The molecule has 4 aromatic rings. The summed E-state index contributed by atoms with van der Waals surface area (Å²) < 4.78 is 40.3. The SMILES string of the molecule is O=C(CN1CCCC1CO)Nc1ccc(Sc2nc(Nc3cc(C(F)(F)F)[nH]n3)c3cccn3n2)cc1. The molecule has 4 N–H and O–H groups in total. The Balaban J connectivity index is 1.26. The average molecular weight is 533 g/mol. The minimum absolute atomic E-state index is 0.0237. The fourth-order valence-corrected chi connectivity index (χ4v) is 4.86. The molecule has 0 saturated carbocycles. The van der Waals surface area contributed by atoms with Crippen LogP contribution in [0.25, 0.3) is 5.52 Å². The van der Waals surface area contributed by atoms with Crippen molar-refractivity contribution in [2.75, 3.05) is 30.3 Å². The molecule has 37 heavy (non-hydrogen) atoms. The Morgan fingerprint density at radius 3 is 2.78 bits per heavy atom. The molecule has 1 aliphatic heterocycles. The van der Waals surface area contributed by atoms with Crippen LogP contribution in [-0.4, -0.2) is 66.4 Å². The molecular formula is C23H23F3N8O2S. The minimum atomic E-state index is -4.54. The number of aromatic nitrogens is 5. The van der Waals surface area contributed by atoms with Gasteiger partial charge in [-0.3, -0.25) is 14.8 Å². The summed E-state index contributed by atoms with van der Waals surface area (Å²) in [6.45, 7) is 1.06. The van der Waals surface area contributed by atoms with Crippen molar-refractivity contribution in [3.8, 4) is 0 Å². The first-order chi connectivity index (χ1) is 17.8. The van der Waals surface area contributed by atoms with Gasteiger partial charge in [0.05, 0.1) is 13.2 Å². The first-order valence-electron chi connectivity index (χ1n) is 11.5. The lowest BCUT2D eigenvalue weighted by molar-refractivity contribution is -0.141. The second-order valence-electron chi connectivity index (χ2n) is 8.49. The van der Waals surface area contributed by atoms with Gasteiger partial charge in [-0.2, -0.15) is 18.3 Å². The Morgan fingerprint density at radius 2 is 2.05 bits per heavy atom. The highest BCUT2D eigenvalue weighted by Crippen LogP contribution is 2.31. The topological polar surface area (TPSA) is 123 Å². The molecule has 0 bridgehead atoms. The molecule has 194 valence electrons. The summed E-state index contributed by atoms with van der Waals surface area (Å²) in [5, 5.41) is 25.6. The number of amides is 1. The van der Waals surface area contributed by atoms with Crippen LogP contribution in [-0.2, 0) is 11.0 Å². The number of nitrogens with zero attached hydrogens (tertiary/aromatic N) is 5. The summed E-state index contributed by atoms with van der Waals surface area (Å²) in [5.41, 5.74) is 0.239. The van der Waals surface area contributed by atoms with Gasteiger partial charge in [-0.05, 0) is 67.5 Å². The van der Waals surface area contributed by atoms with E-state index in [-0.39, 0.29) is 30.9 Å². The lowest BCUT2D eigenvalue weighted by Gasteiger charge is -2.21. The predicted molar refractivity (Wildman–Crippen MR) is 131 cm³/mol. The maximum Gasteiger partial charge on any atom is 0.432 e. The summed E-state index contributed by atoms with van der Waals surface area (Å²) in [5.74, 6) is 0.129. The van der Waals surface area contributed by atoms with Crippen LogP contribution in [0.3, 0.4) is 0 Å². The lowest BCUT2D eigenvalue weighted by atomic mass is 10.2. The number of nitrogens with one attached hydrogen (secondary N) is 3. The highest BCUT2D eigenvalue weighted by Gasteiger charge is 2.33. The van der Waals surface area contributed by atoms with Gasteiger partial charge in [0.25, 0.3) is 0 Å². The third-order valence-corrected chi connectivity index (χ3v) is 6.77. The van der Waals surface area contributed by atoms with E-state index < -0.39 is 11.9 Å². The average Bonchev–Trinajstić information content (AvgIpc) is 3.61. The van der Waals surface area contributed by atoms with Gasteiger partial charge in [0.1, 0.15) is 11.2 Å². The molecule has 10 nitrogen and oxygen atoms in total. The molecule has 1 fully saturated rings. The van der Waals surface area contributed by atoms with Gasteiger partial charge in [0.15, 0.2) is 11.6 Å². The maximum atomic E-state index is 12.9. The van der Waals surface area contributed by atoms with Gasteiger partial charge < -0.3 is 15.7 Å². The number of aromatic amines is 1. The quantitative estimate of drug-likeness (QED) is 0.271. The monoisotopic (exact) mass is 532 g/mol. The van der Waals surface area contributed by atoms with E-state index in [0.29, 0.717) is 22.2 Å². The van der Waals surface area contributed by atoms with Crippen molar-refractivity contribution in [1.82, 2.24) is 29.7 Å². The summed E-state index contributed by atoms with van der Waals surface area (Å²) in [6.07, 6.45) is -0.973. The number of aliphatic hydroxyl groups excluding tert-OH is 1. The van der Waals surface area contributed by atoms with E-state index >= 15 is 0 Å². The van der Waals surface area contributed by atoms with Crippen molar-refractivity contribution in [1.29, 1.82) is 0 Å². The van der Waals surface area contributed by atoms with E-state index in [2.05, 4.69) is 25.8 Å². The first-order valence-corrected chi connectivity index (χ1v) is 12.3. The number of rotatable bonds is 8. The van der Waals surface area contributed by atoms with Crippen molar-refractivity contribution >= 4 is 40.5 Å². The zero-order chi connectivity index (χ0) is 26.0. The number of anilines is 3. The molecule has 14 heteroatoms. The summed E-state index contributed by atoms with van der Waals surface area (Å²) >= 11 is 1.26. The molecule has 1 aromatic carbocycles. The summed E-state index contributed by atoms with van der Waals surface area (Å²) in [4.78, 5) is 19.7. The number of carbonyl (C=O) groups is 1. The number of alkyl halides is 3. The smallest absolute Gasteiger partial charge is 0.395 e. The molecule has 1 amide bonds. The molecule has 1 aliphatic rings. The third kappa shape index (κ3) is 5.87. The van der Waals surface area contributed by atoms with Crippen molar-refractivity contribution in [3.05, 3.63) is 54.4 Å². The molecule has 0 radical (unpaired) electrons. The van der Waals surface area contributed by atoms with Gasteiger partial charge >= 0.3 is 6.18 Å². The summed E-state index contributed by atoms with van der Waals surface area (Å²) in [6, 6.07) is 11.5. The zero-order valence-electron chi connectivity index (χ0n) is 19.4. The molecule has 1 unspecified atom stereocenters. The van der Waals surface area contributed by atoms with E-state index in [1.807, 2.05) is 22.1 Å². The second-order valence-corrected chi connectivity index (χ2v) is 9.53. The van der Waals surface area contributed by atoms with Crippen LogP contribution in [0.5, 0.6) is 0 Å². The largest absolute Gasteiger partial charge is 0.432 e. The highest BCUT2D eigenvalue weighted by atomic mass is 32.2. The number of likely N-dealkylation sites (tertiary alicyclic amines) is 1. The number of fused-ring (bicyclic) bond motifs is 1. The Labute approximate surface area is 213 Å². The number of aliphatic hydroxyl groups is 1. The van der Waals surface area contributed by atoms with Gasteiger partial charge in [0, 0.05) is 28.9 Å². The van der Waals surface area contributed by atoms with E-state index in [4.69, 9.17) is 0 Å². The van der Waals surface area contributed by atoms with Crippen LogP contribution in [0.2, 0.25) is 0 Å². The molecular weight excluding hydrogens is 509 g/mol. The number of hydrogen-bond donors (Lipinski definition) is 4. The highest BCUT2D eigenvalue weighted by molar-refractivity contribution is 7.99. The first kappa shape index (κ1) is 25.0. The van der Waals surface area contributed by atoms with Gasteiger partial charge in [-0.15, -0.1) is 5.10 Å². The molecule has 5 rings (SSSR count). The minimum Gasteiger partial charge on any atom is -0.395 e. The predicted octanol–water partition coefficient (Wildman–Crippen LogP) is 3.76. The number of halogens is 3. The lowest BCUT2D eigenvalue weighted by Crippen LogP contribution is -2.38. The summed E-state index contributed by atoms with van der Waals surface area (Å²) in [7, 11) is 0. The number of H-pyrrole nitrogens is 1. The number of hydrogen-bond acceptors (Lipinski definition) is 8. The van der Waals surface area contributed by atoms with E-state index in [0.717, 1.165) is 30.3 Å². The maximum absolute atomic E-state index is 12.9. The number of benzene rings is 1. The van der Waals surface area contributed by atoms with Crippen LogP contribution in [0, 0.1) is 0 Å². The van der Waals surface area contributed by atoms with Crippen molar-refractivity contribution < 1.29 is 23.1 Å². The molecule has 1 saturated heterocycles. The van der Waals surface area contributed by atoms with Crippen LogP contribution in [0.15, 0.2) is 58.7 Å². The zero-order valence-corrected chi connectivity index (χ0v) is 20.2. The molecule has 0 spiro atoms. The Kier molecular flexibility index (Phi) is 7.04. The number of carbonyl (C=O) groups excluding carboxylic acids is 1. The Bertz CT molecular complexity index is 1390. The van der Waals surface area contributed by atoms with Crippen LogP contribution >= 0.6 is 11.8 Å². The van der Waals surface area contributed by atoms with Gasteiger partial charge in [0.2, 0.25) is 11.1 Å². The van der Waals surface area contributed by atoms with Crippen molar-refractivity contribution in [2.45, 2.75) is 35.1 Å².